The average molecular weight is 264 g/mol. The van der Waals surface area contributed by atoms with Crippen LogP contribution in [0.2, 0.25) is 0 Å². The molecule has 3 rings (SSSR count). The Kier molecular flexibility index (Phi) is 3.46. The second-order valence-corrected chi connectivity index (χ2v) is 5.76. The molecule has 3 nitrogen and oxygen atoms in total. The first-order chi connectivity index (χ1) is 9.17. The van der Waals surface area contributed by atoms with E-state index >= 15 is 0 Å². The van der Waals surface area contributed by atoms with Crippen molar-refractivity contribution in [3.05, 3.63) is 29.6 Å². The molecule has 1 aromatic carbocycles. The first-order valence-electron chi connectivity index (χ1n) is 7.04. The highest BCUT2D eigenvalue weighted by molar-refractivity contribution is 5.49. The van der Waals surface area contributed by atoms with Crippen LogP contribution in [0, 0.1) is 5.82 Å². The van der Waals surface area contributed by atoms with E-state index in [9.17, 15) is 9.50 Å². The zero-order valence-corrected chi connectivity index (χ0v) is 11.3. The molecule has 0 amide bonds. The van der Waals surface area contributed by atoms with E-state index in [1.807, 2.05) is 6.07 Å². The summed E-state index contributed by atoms with van der Waals surface area (Å²) in [4.78, 5) is 4.74. The Hall–Kier alpha value is -1.13. The SMILES string of the molecule is CN1C2CCC1CN(c1cc(F)cc(CO)c1)CC2. The maximum Gasteiger partial charge on any atom is 0.125 e. The molecule has 2 saturated heterocycles. The van der Waals surface area contributed by atoms with Gasteiger partial charge in [-0.15, -0.1) is 0 Å². The molecule has 2 aliphatic rings. The first kappa shape index (κ1) is 12.9. The van der Waals surface area contributed by atoms with Crippen molar-refractivity contribution in [3.63, 3.8) is 0 Å². The summed E-state index contributed by atoms with van der Waals surface area (Å²) in [5.74, 6) is -0.260. The third-order valence-corrected chi connectivity index (χ3v) is 4.64. The highest BCUT2D eigenvalue weighted by Crippen LogP contribution is 2.31. The highest BCUT2D eigenvalue weighted by Gasteiger charge is 2.34. The van der Waals surface area contributed by atoms with Crippen LogP contribution in [0.15, 0.2) is 18.2 Å². The van der Waals surface area contributed by atoms with Crippen molar-refractivity contribution < 1.29 is 9.50 Å². The van der Waals surface area contributed by atoms with Crippen molar-refractivity contribution >= 4 is 5.69 Å². The van der Waals surface area contributed by atoms with Gasteiger partial charge >= 0.3 is 0 Å². The van der Waals surface area contributed by atoms with E-state index in [-0.39, 0.29) is 12.4 Å². The number of nitrogens with zero attached hydrogens (tertiary/aromatic N) is 2. The third-order valence-electron chi connectivity index (χ3n) is 4.64. The minimum Gasteiger partial charge on any atom is -0.392 e. The Morgan fingerprint density at radius 3 is 2.79 bits per heavy atom. The summed E-state index contributed by atoms with van der Waals surface area (Å²) in [6.45, 7) is 1.83. The summed E-state index contributed by atoms with van der Waals surface area (Å²) < 4.78 is 13.6. The lowest BCUT2D eigenvalue weighted by Crippen LogP contribution is -2.36. The van der Waals surface area contributed by atoms with Gasteiger partial charge in [0, 0.05) is 30.9 Å². The lowest BCUT2D eigenvalue weighted by atomic mass is 10.1. The van der Waals surface area contributed by atoms with Gasteiger partial charge in [-0.05, 0) is 50.1 Å². The fraction of sp³-hybridized carbons (Fsp3) is 0.600. The second kappa shape index (κ2) is 5.10. The number of rotatable bonds is 2. The first-order valence-corrected chi connectivity index (χ1v) is 7.04. The van der Waals surface area contributed by atoms with Crippen LogP contribution in [0.1, 0.15) is 24.8 Å². The summed E-state index contributed by atoms with van der Waals surface area (Å²) in [6.07, 6.45) is 3.66. The van der Waals surface area contributed by atoms with Gasteiger partial charge in [-0.3, -0.25) is 4.90 Å². The van der Waals surface area contributed by atoms with Crippen molar-refractivity contribution in [2.24, 2.45) is 0 Å². The summed E-state index contributed by atoms with van der Waals surface area (Å²) in [5, 5.41) is 9.19. The number of aliphatic hydroxyl groups is 1. The maximum atomic E-state index is 13.6. The Morgan fingerprint density at radius 2 is 2.00 bits per heavy atom. The molecule has 19 heavy (non-hydrogen) atoms. The van der Waals surface area contributed by atoms with Gasteiger partial charge in [0.15, 0.2) is 0 Å². The van der Waals surface area contributed by atoms with Crippen molar-refractivity contribution in [2.75, 3.05) is 25.0 Å². The molecule has 0 aromatic heterocycles. The number of aliphatic hydroxyl groups excluding tert-OH is 1. The molecule has 104 valence electrons. The third kappa shape index (κ3) is 2.47. The van der Waals surface area contributed by atoms with E-state index < -0.39 is 0 Å². The minimum atomic E-state index is -0.260. The standard InChI is InChI=1S/C15H21FN2O/c1-17-13-2-3-14(17)9-18(5-4-13)15-7-11(10-19)6-12(16)8-15/h6-8,13-14,19H,2-5,9-10H2,1H3. The Bertz CT molecular complexity index is 465. The predicted octanol–water partition coefficient (Wildman–Crippen LogP) is 1.99. The van der Waals surface area contributed by atoms with E-state index in [0.29, 0.717) is 17.6 Å². The quantitative estimate of drug-likeness (QED) is 0.885. The number of anilines is 1. The van der Waals surface area contributed by atoms with E-state index in [2.05, 4.69) is 16.8 Å². The lowest BCUT2D eigenvalue weighted by molar-refractivity contribution is 0.254. The molecule has 2 heterocycles. The van der Waals surface area contributed by atoms with Gasteiger partial charge in [0.25, 0.3) is 0 Å². The second-order valence-electron chi connectivity index (χ2n) is 5.76. The maximum absolute atomic E-state index is 13.6. The molecule has 0 spiro atoms. The molecule has 1 aromatic rings. The normalized spacial score (nSPS) is 27.6. The number of fused-ring (bicyclic) bond motifs is 2. The average Bonchev–Trinajstić information content (AvgIpc) is 2.62. The van der Waals surface area contributed by atoms with E-state index in [1.165, 1.54) is 18.9 Å². The minimum absolute atomic E-state index is 0.107. The topological polar surface area (TPSA) is 26.7 Å². The molecule has 2 bridgehead atoms. The Morgan fingerprint density at radius 1 is 1.21 bits per heavy atom. The molecular weight excluding hydrogens is 243 g/mol. The molecule has 2 unspecified atom stereocenters. The van der Waals surface area contributed by atoms with E-state index in [1.54, 1.807) is 6.07 Å². The molecule has 0 radical (unpaired) electrons. The van der Waals surface area contributed by atoms with Gasteiger partial charge in [-0.25, -0.2) is 4.39 Å². The lowest BCUT2D eigenvalue weighted by Gasteiger charge is -2.28. The number of likely N-dealkylation sites (N-methyl/N-ethyl adjacent to an activating group) is 1. The van der Waals surface area contributed by atoms with Crippen LogP contribution in [0.5, 0.6) is 0 Å². The summed E-state index contributed by atoms with van der Waals surface area (Å²) in [6, 6.07) is 6.15. The fourth-order valence-corrected chi connectivity index (χ4v) is 3.45. The number of hydrogen-bond donors (Lipinski definition) is 1. The zero-order chi connectivity index (χ0) is 13.4. The smallest absolute Gasteiger partial charge is 0.125 e. The number of halogens is 1. The molecule has 2 aliphatic heterocycles. The Labute approximate surface area is 113 Å². The molecule has 2 atom stereocenters. The predicted molar refractivity (Wildman–Crippen MR) is 73.7 cm³/mol. The largest absolute Gasteiger partial charge is 0.392 e. The molecule has 0 aliphatic carbocycles. The van der Waals surface area contributed by atoms with Crippen molar-refractivity contribution in [2.45, 2.75) is 38.0 Å². The van der Waals surface area contributed by atoms with Gasteiger partial charge in [0.2, 0.25) is 0 Å². The zero-order valence-electron chi connectivity index (χ0n) is 11.3. The monoisotopic (exact) mass is 264 g/mol. The summed E-state index contributed by atoms with van der Waals surface area (Å²) >= 11 is 0. The summed E-state index contributed by atoms with van der Waals surface area (Å²) in [7, 11) is 2.20. The molecule has 2 fully saturated rings. The molecule has 0 saturated carbocycles. The van der Waals surface area contributed by atoms with Gasteiger partial charge in [0.05, 0.1) is 6.61 Å². The van der Waals surface area contributed by atoms with Gasteiger partial charge < -0.3 is 10.0 Å². The van der Waals surface area contributed by atoms with Crippen LogP contribution in [0.3, 0.4) is 0 Å². The van der Waals surface area contributed by atoms with Crippen LogP contribution < -0.4 is 4.90 Å². The Balaban J connectivity index is 1.84. The van der Waals surface area contributed by atoms with Crippen molar-refractivity contribution in [1.29, 1.82) is 0 Å². The number of hydrogen-bond acceptors (Lipinski definition) is 3. The van der Waals surface area contributed by atoms with Gasteiger partial charge in [-0.1, -0.05) is 0 Å². The number of benzene rings is 1. The molecule has 4 heteroatoms. The van der Waals surface area contributed by atoms with Gasteiger partial charge in [-0.2, -0.15) is 0 Å². The highest BCUT2D eigenvalue weighted by atomic mass is 19.1. The van der Waals surface area contributed by atoms with Crippen LogP contribution >= 0.6 is 0 Å². The van der Waals surface area contributed by atoms with Crippen LogP contribution in [-0.4, -0.2) is 42.2 Å². The van der Waals surface area contributed by atoms with E-state index in [0.717, 1.165) is 25.2 Å². The summed E-state index contributed by atoms with van der Waals surface area (Å²) in [5.41, 5.74) is 1.56. The fourth-order valence-electron chi connectivity index (χ4n) is 3.45. The van der Waals surface area contributed by atoms with Crippen LogP contribution in [0.25, 0.3) is 0 Å². The molecule has 1 N–H and O–H groups in total. The van der Waals surface area contributed by atoms with Crippen molar-refractivity contribution in [1.82, 2.24) is 4.90 Å². The van der Waals surface area contributed by atoms with E-state index in [4.69, 9.17) is 0 Å². The van der Waals surface area contributed by atoms with Gasteiger partial charge in [0.1, 0.15) is 5.82 Å². The van der Waals surface area contributed by atoms with Crippen LogP contribution in [0.4, 0.5) is 10.1 Å². The molecular formula is C15H21FN2O. The van der Waals surface area contributed by atoms with Crippen LogP contribution in [-0.2, 0) is 6.61 Å². The van der Waals surface area contributed by atoms with Crippen molar-refractivity contribution in [3.8, 4) is 0 Å².